The van der Waals surface area contributed by atoms with Gasteiger partial charge in [-0.2, -0.15) is 0 Å². The van der Waals surface area contributed by atoms with Crippen LogP contribution < -0.4 is 5.32 Å². The minimum absolute atomic E-state index is 0.0576. The number of amides is 1. The maximum absolute atomic E-state index is 11.6. The van der Waals surface area contributed by atoms with E-state index in [1.54, 1.807) is 0 Å². The Morgan fingerprint density at radius 2 is 2.31 bits per heavy atom. The predicted molar refractivity (Wildman–Crippen MR) is 52.6 cm³/mol. The van der Waals surface area contributed by atoms with Crippen LogP contribution in [0.1, 0.15) is 6.42 Å². The van der Waals surface area contributed by atoms with Crippen molar-refractivity contribution in [2.45, 2.75) is 12.5 Å². The molecule has 1 N–H and O–H groups in total. The van der Waals surface area contributed by atoms with Crippen LogP contribution in [0.15, 0.2) is 0 Å². The molecule has 0 spiro atoms. The number of carbonyl (C=O) groups excluding carboxylic acids is 1. The van der Waals surface area contributed by atoms with Crippen molar-refractivity contribution in [3.05, 3.63) is 0 Å². The molecular formula is C9H19N3O. The number of nitrogens with one attached hydrogen (secondary N) is 1. The van der Waals surface area contributed by atoms with Crippen LogP contribution >= 0.6 is 0 Å². The average molecular weight is 185 g/mol. The van der Waals surface area contributed by atoms with Crippen LogP contribution in [0.25, 0.3) is 0 Å². The van der Waals surface area contributed by atoms with Crippen LogP contribution in [0.5, 0.6) is 0 Å². The summed E-state index contributed by atoms with van der Waals surface area (Å²) in [4.78, 5) is 15.6. The SMILES string of the molecule is CNC1CCN(CCN(C)C)C1=O. The lowest BCUT2D eigenvalue weighted by Crippen LogP contribution is -2.39. The maximum atomic E-state index is 11.6. The highest BCUT2D eigenvalue weighted by Gasteiger charge is 2.29. The summed E-state index contributed by atoms with van der Waals surface area (Å²) < 4.78 is 0. The van der Waals surface area contributed by atoms with Crippen LogP contribution in [0, 0.1) is 0 Å². The number of likely N-dealkylation sites (tertiary alicyclic amines) is 1. The molecule has 1 atom stereocenters. The second-order valence-electron chi connectivity index (χ2n) is 3.76. The Morgan fingerprint density at radius 3 is 2.77 bits per heavy atom. The molecule has 1 amide bonds. The quantitative estimate of drug-likeness (QED) is 0.633. The molecule has 4 heteroatoms. The van der Waals surface area contributed by atoms with Gasteiger partial charge < -0.3 is 15.1 Å². The molecule has 76 valence electrons. The zero-order valence-electron chi connectivity index (χ0n) is 8.71. The number of nitrogens with zero attached hydrogens (tertiary/aromatic N) is 2. The van der Waals surface area contributed by atoms with Gasteiger partial charge >= 0.3 is 0 Å². The van der Waals surface area contributed by atoms with Gasteiger partial charge in [-0.05, 0) is 27.6 Å². The van der Waals surface area contributed by atoms with Crippen LogP contribution in [-0.4, -0.2) is 62.5 Å². The summed E-state index contributed by atoms with van der Waals surface area (Å²) in [5.41, 5.74) is 0. The molecule has 1 unspecified atom stereocenters. The van der Waals surface area contributed by atoms with Gasteiger partial charge in [0.15, 0.2) is 0 Å². The van der Waals surface area contributed by atoms with E-state index in [2.05, 4.69) is 10.2 Å². The second-order valence-corrected chi connectivity index (χ2v) is 3.76. The van der Waals surface area contributed by atoms with Gasteiger partial charge in [0.05, 0.1) is 6.04 Å². The Labute approximate surface area is 79.9 Å². The minimum Gasteiger partial charge on any atom is -0.340 e. The molecule has 13 heavy (non-hydrogen) atoms. The largest absolute Gasteiger partial charge is 0.340 e. The molecule has 0 radical (unpaired) electrons. The van der Waals surface area contributed by atoms with E-state index in [4.69, 9.17) is 0 Å². The molecule has 1 heterocycles. The van der Waals surface area contributed by atoms with Crippen LogP contribution in [-0.2, 0) is 4.79 Å². The van der Waals surface area contributed by atoms with Gasteiger partial charge in [-0.15, -0.1) is 0 Å². The van der Waals surface area contributed by atoms with Crippen molar-refractivity contribution < 1.29 is 4.79 Å². The minimum atomic E-state index is 0.0576. The van der Waals surface area contributed by atoms with Crippen molar-refractivity contribution in [1.29, 1.82) is 0 Å². The molecule has 0 aromatic carbocycles. The summed E-state index contributed by atoms with van der Waals surface area (Å²) in [7, 11) is 5.89. The first-order valence-electron chi connectivity index (χ1n) is 4.76. The van der Waals surface area contributed by atoms with E-state index in [1.165, 1.54) is 0 Å². The lowest BCUT2D eigenvalue weighted by Gasteiger charge is -2.19. The molecule has 1 fully saturated rings. The van der Waals surface area contributed by atoms with Crippen molar-refractivity contribution in [3.8, 4) is 0 Å². The Balaban J connectivity index is 2.33. The van der Waals surface area contributed by atoms with E-state index < -0.39 is 0 Å². The van der Waals surface area contributed by atoms with Gasteiger partial charge in [-0.25, -0.2) is 0 Å². The molecule has 0 bridgehead atoms. The smallest absolute Gasteiger partial charge is 0.239 e. The van der Waals surface area contributed by atoms with Crippen molar-refractivity contribution in [3.63, 3.8) is 0 Å². The number of hydrogen-bond acceptors (Lipinski definition) is 3. The Morgan fingerprint density at radius 1 is 1.62 bits per heavy atom. The molecular weight excluding hydrogens is 166 g/mol. The number of likely N-dealkylation sites (N-methyl/N-ethyl adjacent to an activating group) is 2. The zero-order valence-corrected chi connectivity index (χ0v) is 8.71. The number of rotatable bonds is 4. The van der Waals surface area contributed by atoms with Gasteiger partial charge in [0, 0.05) is 19.6 Å². The van der Waals surface area contributed by atoms with Gasteiger partial charge in [-0.3, -0.25) is 4.79 Å². The lowest BCUT2D eigenvalue weighted by atomic mass is 10.3. The second kappa shape index (κ2) is 4.58. The Kier molecular flexibility index (Phi) is 3.69. The topological polar surface area (TPSA) is 35.6 Å². The van der Waals surface area contributed by atoms with E-state index in [-0.39, 0.29) is 11.9 Å². The zero-order chi connectivity index (χ0) is 9.84. The monoisotopic (exact) mass is 185 g/mol. The summed E-state index contributed by atoms with van der Waals surface area (Å²) in [6, 6.07) is 0.0576. The van der Waals surface area contributed by atoms with E-state index in [1.807, 2.05) is 26.0 Å². The van der Waals surface area contributed by atoms with Gasteiger partial charge in [0.25, 0.3) is 0 Å². The Hall–Kier alpha value is -0.610. The van der Waals surface area contributed by atoms with Crippen LogP contribution in [0.4, 0.5) is 0 Å². The predicted octanol–water partition coefficient (Wildman–Crippen LogP) is -0.632. The Bertz CT molecular complexity index is 182. The molecule has 1 rings (SSSR count). The van der Waals surface area contributed by atoms with E-state index in [9.17, 15) is 4.79 Å². The van der Waals surface area contributed by atoms with Crippen molar-refractivity contribution in [2.75, 3.05) is 40.8 Å². The van der Waals surface area contributed by atoms with E-state index in [0.717, 1.165) is 26.1 Å². The molecule has 0 aromatic heterocycles. The van der Waals surface area contributed by atoms with Gasteiger partial charge in [0.2, 0.25) is 5.91 Å². The molecule has 1 saturated heterocycles. The fraction of sp³-hybridized carbons (Fsp3) is 0.889. The number of carbonyl (C=O) groups is 1. The van der Waals surface area contributed by atoms with Gasteiger partial charge in [-0.1, -0.05) is 0 Å². The summed E-state index contributed by atoms with van der Waals surface area (Å²) in [6.45, 7) is 2.70. The summed E-state index contributed by atoms with van der Waals surface area (Å²) >= 11 is 0. The van der Waals surface area contributed by atoms with Crippen LogP contribution in [0.2, 0.25) is 0 Å². The standard InChI is InChI=1S/C9H19N3O/c1-10-8-4-5-12(9(8)13)7-6-11(2)3/h8,10H,4-7H2,1-3H3. The first-order chi connectivity index (χ1) is 6.15. The summed E-state index contributed by atoms with van der Waals surface area (Å²) in [6.07, 6.45) is 0.947. The van der Waals surface area contributed by atoms with E-state index >= 15 is 0 Å². The third-order valence-corrected chi connectivity index (χ3v) is 2.46. The molecule has 0 saturated carbocycles. The van der Waals surface area contributed by atoms with E-state index in [0.29, 0.717) is 0 Å². The van der Waals surface area contributed by atoms with Crippen LogP contribution in [0.3, 0.4) is 0 Å². The van der Waals surface area contributed by atoms with Crippen molar-refractivity contribution in [1.82, 2.24) is 15.1 Å². The molecule has 4 nitrogen and oxygen atoms in total. The average Bonchev–Trinajstić information content (AvgIpc) is 2.43. The maximum Gasteiger partial charge on any atom is 0.239 e. The third-order valence-electron chi connectivity index (χ3n) is 2.46. The first-order valence-corrected chi connectivity index (χ1v) is 4.76. The fourth-order valence-corrected chi connectivity index (χ4v) is 1.55. The van der Waals surface area contributed by atoms with Gasteiger partial charge in [0.1, 0.15) is 0 Å². The molecule has 1 aliphatic heterocycles. The highest BCUT2D eigenvalue weighted by Crippen LogP contribution is 2.09. The highest BCUT2D eigenvalue weighted by molar-refractivity contribution is 5.83. The fourth-order valence-electron chi connectivity index (χ4n) is 1.55. The van der Waals surface area contributed by atoms with Crippen molar-refractivity contribution in [2.24, 2.45) is 0 Å². The third kappa shape index (κ3) is 2.67. The lowest BCUT2D eigenvalue weighted by molar-refractivity contribution is -0.129. The highest BCUT2D eigenvalue weighted by atomic mass is 16.2. The molecule has 0 aliphatic carbocycles. The normalized spacial score (nSPS) is 23.2. The first kappa shape index (κ1) is 10.5. The van der Waals surface area contributed by atoms with Crippen molar-refractivity contribution >= 4 is 5.91 Å². The number of hydrogen-bond donors (Lipinski definition) is 1. The molecule has 0 aromatic rings. The summed E-state index contributed by atoms with van der Waals surface area (Å²) in [5.74, 6) is 0.254. The molecule has 1 aliphatic rings. The summed E-state index contributed by atoms with van der Waals surface area (Å²) in [5, 5.41) is 3.03.